The molecule has 0 fully saturated rings. The number of anilines is 1. The highest BCUT2D eigenvalue weighted by Crippen LogP contribution is 2.31. The smallest absolute Gasteiger partial charge is 0.265 e. The second-order valence-corrected chi connectivity index (χ2v) is 6.21. The summed E-state index contributed by atoms with van der Waals surface area (Å²) in [7, 11) is 1.53. The lowest BCUT2D eigenvalue weighted by atomic mass is 10.1. The summed E-state index contributed by atoms with van der Waals surface area (Å²) in [5.41, 5.74) is 2.12. The molecule has 1 aliphatic rings. The molecule has 0 heterocycles. The fraction of sp³-hybridized carbons (Fsp3) is 0.263. The number of carbonyl (C=O) groups excluding carboxylic acids is 2. The molecule has 0 spiro atoms. The summed E-state index contributed by atoms with van der Waals surface area (Å²) in [6.45, 7) is 1.66. The standard InChI is InChI=1S/C19H18ClNO4/c1-11(19(23)21-12-6-9-18(24-2)15(20)10-12)25-17-5-3-4-13-14(17)7-8-16(13)22/h3-6,9-11H,7-8H2,1-2H3,(H,21,23)/t11-/m0/s1. The average Bonchev–Trinajstić information content (AvgIpc) is 2.97. The molecular weight excluding hydrogens is 342 g/mol. The van der Waals surface area contributed by atoms with Gasteiger partial charge in [-0.1, -0.05) is 23.7 Å². The number of benzene rings is 2. The lowest BCUT2D eigenvalue weighted by molar-refractivity contribution is -0.122. The Morgan fingerprint density at radius 2 is 2.00 bits per heavy atom. The first-order valence-corrected chi connectivity index (χ1v) is 8.33. The number of hydrogen-bond donors (Lipinski definition) is 1. The van der Waals surface area contributed by atoms with E-state index in [2.05, 4.69) is 5.32 Å². The summed E-state index contributed by atoms with van der Waals surface area (Å²) in [4.78, 5) is 24.2. The van der Waals surface area contributed by atoms with Crippen molar-refractivity contribution in [3.05, 3.63) is 52.5 Å². The van der Waals surface area contributed by atoms with Gasteiger partial charge in [-0.2, -0.15) is 0 Å². The van der Waals surface area contributed by atoms with Crippen LogP contribution >= 0.6 is 11.6 Å². The molecule has 1 atom stereocenters. The Kier molecular flexibility index (Phi) is 4.95. The molecule has 6 heteroatoms. The molecule has 130 valence electrons. The highest BCUT2D eigenvalue weighted by Gasteiger charge is 2.24. The Hall–Kier alpha value is -2.53. The third-order valence-electron chi connectivity index (χ3n) is 4.13. The summed E-state index contributed by atoms with van der Waals surface area (Å²) < 4.78 is 10.9. The summed E-state index contributed by atoms with van der Waals surface area (Å²) >= 11 is 6.06. The van der Waals surface area contributed by atoms with Crippen molar-refractivity contribution in [2.24, 2.45) is 0 Å². The number of halogens is 1. The van der Waals surface area contributed by atoms with E-state index < -0.39 is 6.10 Å². The SMILES string of the molecule is COc1ccc(NC(=O)[C@H](C)Oc2cccc3c2CCC3=O)cc1Cl. The second kappa shape index (κ2) is 7.15. The van der Waals surface area contributed by atoms with Crippen molar-refractivity contribution < 1.29 is 19.1 Å². The van der Waals surface area contributed by atoms with Crippen molar-refractivity contribution in [1.82, 2.24) is 0 Å². The van der Waals surface area contributed by atoms with Crippen LogP contribution in [0.4, 0.5) is 5.69 Å². The molecule has 1 N–H and O–H groups in total. The number of Topliss-reactive ketones (excluding diaryl/α,β-unsaturated/α-hetero) is 1. The van der Waals surface area contributed by atoms with Gasteiger partial charge in [0.1, 0.15) is 11.5 Å². The van der Waals surface area contributed by atoms with Crippen LogP contribution in [0.15, 0.2) is 36.4 Å². The molecule has 2 aromatic rings. The van der Waals surface area contributed by atoms with E-state index in [9.17, 15) is 9.59 Å². The fourth-order valence-corrected chi connectivity index (χ4v) is 3.06. The molecule has 2 aromatic carbocycles. The minimum atomic E-state index is -0.719. The van der Waals surface area contributed by atoms with Gasteiger partial charge in [0.25, 0.3) is 5.91 Å². The minimum absolute atomic E-state index is 0.116. The van der Waals surface area contributed by atoms with Crippen LogP contribution in [0, 0.1) is 0 Å². The van der Waals surface area contributed by atoms with E-state index in [4.69, 9.17) is 21.1 Å². The Balaban J connectivity index is 1.70. The topological polar surface area (TPSA) is 64.6 Å². The van der Waals surface area contributed by atoms with Gasteiger partial charge in [-0.3, -0.25) is 9.59 Å². The van der Waals surface area contributed by atoms with E-state index in [1.54, 1.807) is 43.3 Å². The van der Waals surface area contributed by atoms with Crippen LogP contribution in [-0.4, -0.2) is 24.9 Å². The maximum absolute atomic E-state index is 12.4. The number of methoxy groups -OCH3 is 1. The van der Waals surface area contributed by atoms with Gasteiger partial charge in [-0.15, -0.1) is 0 Å². The number of fused-ring (bicyclic) bond motifs is 1. The van der Waals surface area contributed by atoms with Gasteiger partial charge >= 0.3 is 0 Å². The van der Waals surface area contributed by atoms with Crippen LogP contribution in [0.2, 0.25) is 5.02 Å². The predicted octanol–water partition coefficient (Wildman–Crippen LogP) is 3.88. The van der Waals surface area contributed by atoms with E-state index in [1.165, 1.54) is 7.11 Å². The molecule has 25 heavy (non-hydrogen) atoms. The van der Waals surface area contributed by atoms with E-state index in [1.807, 2.05) is 0 Å². The Morgan fingerprint density at radius 3 is 2.72 bits per heavy atom. The Morgan fingerprint density at radius 1 is 1.20 bits per heavy atom. The number of ketones is 1. The molecule has 0 saturated heterocycles. The zero-order valence-electron chi connectivity index (χ0n) is 14.0. The lowest BCUT2D eigenvalue weighted by Gasteiger charge is -2.17. The molecule has 3 rings (SSSR count). The van der Waals surface area contributed by atoms with Crippen LogP contribution in [0.3, 0.4) is 0 Å². The van der Waals surface area contributed by atoms with E-state index in [-0.39, 0.29) is 11.7 Å². The van der Waals surface area contributed by atoms with Crippen LogP contribution in [0.1, 0.15) is 29.3 Å². The minimum Gasteiger partial charge on any atom is -0.495 e. The number of amides is 1. The number of ether oxygens (including phenoxy) is 2. The van der Waals surface area contributed by atoms with Gasteiger partial charge in [-0.25, -0.2) is 0 Å². The van der Waals surface area contributed by atoms with Crippen LogP contribution in [0.5, 0.6) is 11.5 Å². The van der Waals surface area contributed by atoms with Gasteiger partial charge in [-0.05, 0) is 37.6 Å². The van der Waals surface area contributed by atoms with Crippen molar-refractivity contribution >= 4 is 29.0 Å². The van der Waals surface area contributed by atoms with Crippen LogP contribution in [0.25, 0.3) is 0 Å². The predicted molar refractivity (Wildman–Crippen MR) is 95.8 cm³/mol. The number of carbonyl (C=O) groups is 2. The molecule has 0 aliphatic heterocycles. The van der Waals surface area contributed by atoms with E-state index in [0.29, 0.717) is 40.6 Å². The first kappa shape index (κ1) is 17.3. The molecule has 0 unspecified atom stereocenters. The highest BCUT2D eigenvalue weighted by atomic mass is 35.5. The van der Waals surface area contributed by atoms with Crippen molar-refractivity contribution in [3.8, 4) is 11.5 Å². The van der Waals surface area contributed by atoms with Gasteiger partial charge in [0, 0.05) is 23.2 Å². The normalized spacial score (nSPS) is 14.0. The van der Waals surface area contributed by atoms with Gasteiger partial charge in [0.15, 0.2) is 11.9 Å². The van der Waals surface area contributed by atoms with Crippen molar-refractivity contribution in [1.29, 1.82) is 0 Å². The van der Waals surface area contributed by atoms with Crippen LogP contribution in [-0.2, 0) is 11.2 Å². The maximum atomic E-state index is 12.4. The fourth-order valence-electron chi connectivity index (χ4n) is 2.80. The first-order valence-electron chi connectivity index (χ1n) is 7.95. The Bertz CT molecular complexity index is 834. The number of nitrogens with one attached hydrogen (secondary N) is 1. The summed E-state index contributed by atoms with van der Waals surface area (Å²) in [5, 5.41) is 3.17. The molecule has 0 saturated carbocycles. The van der Waals surface area contributed by atoms with Crippen LogP contribution < -0.4 is 14.8 Å². The van der Waals surface area contributed by atoms with Gasteiger partial charge < -0.3 is 14.8 Å². The highest BCUT2D eigenvalue weighted by molar-refractivity contribution is 6.32. The van der Waals surface area contributed by atoms with Crippen molar-refractivity contribution in [3.63, 3.8) is 0 Å². The summed E-state index contributed by atoms with van der Waals surface area (Å²) in [5.74, 6) is 0.931. The molecule has 0 bridgehead atoms. The third kappa shape index (κ3) is 3.61. The molecule has 5 nitrogen and oxygen atoms in total. The van der Waals surface area contributed by atoms with Gasteiger partial charge in [0.05, 0.1) is 12.1 Å². The monoisotopic (exact) mass is 359 g/mol. The summed E-state index contributed by atoms with van der Waals surface area (Å²) in [6.07, 6.45) is 0.413. The maximum Gasteiger partial charge on any atom is 0.265 e. The van der Waals surface area contributed by atoms with Gasteiger partial charge in [0.2, 0.25) is 0 Å². The Labute approximate surface area is 150 Å². The largest absolute Gasteiger partial charge is 0.495 e. The quantitative estimate of drug-likeness (QED) is 0.879. The zero-order chi connectivity index (χ0) is 18.0. The molecule has 0 radical (unpaired) electrons. The number of hydrogen-bond acceptors (Lipinski definition) is 4. The zero-order valence-corrected chi connectivity index (χ0v) is 14.7. The second-order valence-electron chi connectivity index (χ2n) is 5.80. The van der Waals surface area contributed by atoms with Crippen molar-refractivity contribution in [2.75, 3.05) is 12.4 Å². The molecular formula is C19H18ClNO4. The molecule has 1 amide bonds. The van der Waals surface area contributed by atoms with Crippen molar-refractivity contribution in [2.45, 2.75) is 25.9 Å². The van der Waals surface area contributed by atoms with E-state index >= 15 is 0 Å². The first-order chi connectivity index (χ1) is 12.0. The average molecular weight is 360 g/mol. The summed E-state index contributed by atoms with van der Waals surface area (Å²) in [6, 6.07) is 10.3. The molecule has 1 aliphatic carbocycles. The number of rotatable bonds is 5. The third-order valence-corrected chi connectivity index (χ3v) is 4.42. The lowest BCUT2D eigenvalue weighted by Crippen LogP contribution is -2.30. The molecule has 0 aromatic heterocycles. The van der Waals surface area contributed by atoms with E-state index in [0.717, 1.165) is 5.56 Å².